The van der Waals surface area contributed by atoms with Gasteiger partial charge in [0.2, 0.25) is 0 Å². The zero-order valence-electron chi connectivity index (χ0n) is 7.90. The molecule has 1 rings (SSSR count). The summed E-state index contributed by atoms with van der Waals surface area (Å²) in [7, 11) is 1.82. The number of rotatable bonds is 4. The van der Waals surface area contributed by atoms with Crippen molar-refractivity contribution in [3.8, 4) is 0 Å². The predicted octanol–water partition coefficient (Wildman–Crippen LogP) is 1.07. The fraction of sp³-hybridized carbons (Fsp3) is 0.556. The van der Waals surface area contributed by atoms with Crippen molar-refractivity contribution in [1.29, 1.82) is 0 Å². The van der Waals surface area contributed by atoms with Crippen molar-refractivity contribution in [1.82, 2.24) is 9.78 Å². The molecule has 1 unspecified atom stereocenters. The first-order valence-corrected chi connectivity index (χ1v) is 4.34. The van der Waals surface area contributed by atoms with Crippen LogP contribution in [0.3, 0.4) is 0 Å². The third-order valence-corrected chi connectivity index (χ3v) is 2.07. The quantitative estimate of drug-likeness (QED) is 0.757. The molecule has 1 aromatic rings. The molecule has 1 heterocycles. The lowest BCUT2D eigenvalue weighted by molar-refractivity contribution is -0.141. The van der Waals surface area contributed by atoms with Crippen molar-refractivity contribution in [3.05, 3.63) is 18.0 Å². The fourth-order valence-electron chi connectivity index (χ4n) is 1.23. The van der Waals surface area contributed by atoms with Crippen molar-refractivity contribution < 1.29 is 9.90 Å². The zero-order valence-corrected chi connectivity index (χ0v) is 7.90. The van der Waals surface area contributed by atoms with Gasteiger partial charge in [-0.25, -0.2) is 0 Å². The second kappa shape index (κ2) is 4.07. The molecule has 1 aromatic heterocycles. The molecule has 0 aromatic carbocycles. The molecule has 0 aliphatic carbocycles. The van der Waals surface area contributed by atoms with Gasteiger partial charge in [-0.15, -0.1) is 0 Å². The molecule has 0 aliphatic heterocycles. The van der Waals surface area contributed by atoms with Gasteiger partial charge in [0.1, 0.15) is 0 Å². The highest BCUT2D eigenvalue weighted by molar-refractivity contribution is 5.70. The van der Waals surface area contributed by atoms with E-state index in [-0.39, 0.29) is 5.92 Å². The molecule has 0 spiro atoms. The van der Waals surface area contributed by atoms with Gasteiger partial charge in [-0.2, -0.15) is 5.10 Å². The monoisotopic (exact) mass is 182 g/mol. The molecule has 0 amide bonds. The van der Waals surface area contributed by atoms with Crippen LogP contribution in [0.4, 0.5) is 0 Å². The molecular weight excluding hydrogens is 168 g/mol. The summed E-state index contributed by atoms with van der Waals surface area (Å²) in [5.74, 6) is -1.05. The summed E-state index contributed by atoms with van der Waals surface area (Å²) in [6, 6.07) is 1.85. The van der Waals surface area contributed by atoms with Gasteiger partial charge in [0.05, 0.1) is 11.6 Å². The SMILES string of the molecule is CCC(Cc1ccn(C)n1)C(=O)O. The van der Waals surface area contributed by atoms with Crippen LogP contribution in [0.15, 0.2) is 12.3 Å². The molecule has 0 radical (unpaired) electrons. The van der Waals surface area contributed by atoms with Crippen LogP contribution in [0.1, 0.15) is 19.0 Å². The number of hydrogen-bond acceptors (Lipinski definition) is 2. The van der Waals surface area contributed by atoms with Gasteiger partial charge in [0.15, 0.2) is 0 Å². The summed E-state index contributed by atoms with van der Waals surface area (Å²) < 4.78 is 1.68. The maximum atomic E-state index is 10.7. The van der Waals surface area contributed by atoms with Gasteiger partial charge in [0.25, 0.3) is 0 Å². The fourth-order valence-corrected chi connectivity index (χ4v) is 1.23. The van der Waals surface area contributed by atoms with E-state index in [9.17, 15) is 4.79 Å². The standard InChI is InChI=1S/C9H14N2O2/c1-3-7(9(12)13)6-8-4-5-11(2)10-8/h4-5,7H,3,6H2,1-2H3,(H,12,13). The molecule has 13 heavy (non-hydrogen) atoms. The summed E-state index contributed by atoms with van der Waals surface area (Å²) in [6.45, 7) is 1.88. The third-order valence-electron chi connectivity index (χ3n) is 2.07. The Morgan fingerprint density at radius 3 is 2.85 bits per heavy atom. The first kappa shape index (κ1) is 9.77. The van der Waals surface area contributed by atoms with Crippen molar-refractivity contribution >= 4 is 5.97 Å². The normalized spacial score (nSPS) is 12.8. The number of aliphatic carboxylic acids is 1. The lowest BCUT2D eigenvalue weighted by Crippen LogP contribution is -2.15. The van der Waals surface area contributed by atoms with E-state index >= 15 is 0 Å². The minimum Gasteiger partial charge on any atom is -0.481 e. The van der Waals surface area contributed by atoms with E-state index in [0.717, 1.165) is 5.69 Å². The Labute approximate surface area is 77.2 Å². The molecule has 72 valence electrons. The van der Waals surface area contributed by atoms with Crippen molar-refractivity contribution in [2.45, 2.75) is 19.8 Å². The van der Waals surface area contributed by atoms with E-state index in [0.29, 0.717) is 12.8 Å². The molecule has 4 nitrogen and oxygen atoms in total. The molecule has 4 heteroatoms. The second-order valence-corrected chi connectivity index (χ2v) is 3.13. The summed E-state index contributed by atoms with van der Waals surface area (Å²) >= 11 is 0. The molecule has 0 saturated carbocycles. The predicted molar refractivity (Wildman–Crippen MR) is 48.3 cm³/mol. The van der Waals surface area contributed by atoms with E-state index in [1.54, 1.807) is 4.68 Å². The maximum absolute atomic E-state index is 10.7. The summed E-state index contributed by atoms with van der Waals surface area (Å²) in [5.41, 5.74) is 0.844. The third kappa shape index (κ3) is 2.57. The Morgan fingerprint density at radius 1 is 1.77 bits per heavy atom. The Hall–Kier alpha value is -1.32. The number of carbonyl (C=O) groups is 1. The first-order valence-electron chi connectivity index (χ1n) is 4.34. The van der Waals surface area contributed by atoms with E-state index in [1.165, 1.54) is 0 Å². The molecule has 0 bridgehead atoms. The second-order valence-electron chi connectivity index (χ2n) is 3.13. The number of carboxylic acid groups (broad SMARTS) is 1. The molecule has 0 fully saturated rings. The zero-order chi connectivity index (χ0) is 9.84. The van der Waals surface area contributed by atoms with Crippen molar-refractivity contribution in [2.75, 3.05) is 0 Å². The van der Waals surface area contributed by atoms with Crippen LogP contribution in [-0.4, -0.2) is 20.9 Å². The minimum atomic E-state index is -0.742. The Kier molecular flexibility index (Phi) is 3.06. The van der Waals surface area contributed by atoms with Crippen LogP contribution in [-0.2, 0) is 18.3 Å². The summed E-state index contributed by atoms with van der Waals surface area (Å²) in [5, 5.41) is 12.9. The van der Waals surface area contributed by atoms with Crippen LogP contribution in [0, 0.1) is 5.92 Å². The van der Waals surface area contributed by atoms with Crippen molar-refractivity contribution in [2.24, 2.45) is 13.0 Å². The van der Waals surface area contributed by atoms with Crippen LogP contribution < -0.4 is 0 Å². The van der Waals surface area contributed by atoms with Crippen LogP contribution in [0.5, 0.6) is 0 Å². The molecule has 1 N–H and O–H groups in total. The number of aryl methyl sites for hydroxylation is 1. The van der Waals surface area contributed by atoms with Gasteiger partial charge in [-0.05, 0) is 12.5 Å². The van der Waals surface area contributed by atoms with E-state index < -0.39 is 5.97 Å². The molecular formula is C9H14N2O2. The van der Waals surface area contributed by atoms with Gasteiger partial charge >= 0.3 is 5.97 Å². The van der Waals surface area contributed by atoms with Crippen LogP contribution >= 0.6 is 0 Å². The maximum Gasteiger partial charge on any atom is 0.306 e. The average molecular weight is 182 g/mol. The number of aromatic nitrogens is 2. The molecule has 1 atom stereocenters. The van der Waals surface area contributed by atoms with E-state index in [1.807, 2.05) is 26.2 Å². The van der Waals surface area contributed by atoms with Crippen molar-refractivity contribution in [3.63, 3.8) is 0 Å². The summed E-state index contributed by atoms with van der Waals surface area (Å²) in [4.78, 5) is 10.7. The van der Waals surface area contributed by atoms with E-state index in [2.05, 4.69) is 5.10 Å². The summed E-state index contributed by atoms with van der Waals surface area (Å²) in [6.07, 6.45) is 2.99. The first-order chi connectivity index (χ1) is 6.13. The lowest BCUT2D eigenvalue weighted by atomic mass is 10.0. The number of nitrogens with zero attached hydrogens (tertiary/aromatic N) is 2. The highest BCUT2D eigenvalue weighted by atomic mass is 16.4. The Balaban J connectivity index is 2.61. The number of carboxylic acids is 1. The lowest BCUT2D eigenvalue weighted by Gasteiger charge is -2.06. The Morgan fingerprint density at radius 2 is 2.46 bits per heavy atom. The number of hydrogen-bond donors (Lipinski definition) is 1. The van der Waals surface area contributed by atoms with Crippen LogP contribution in [0.25, 0.3) is 0 Å². The minimum absolute atomic E-state index is 0.310. The molecule has 0 aliphatic rings. The van der Waals surface area contributed by atoms with Gasteiger partial charge < -0.3 is 5.11 Å². The Bertz CT molecular complexity index is 294. The molecule has 0 saturated heterocycles. The largest absolute Gasteiger partial charge is 0.481 e. The van der Waals surface area contributed by atoms with Gasteiger partial charge in [-0.3, -0.25) is 9.48 Å². The highest BCUT2D eigenvalue weighted by Gasteiger charge is 2.16. The highest BCUT2D eigenvalue weighted by Crippen LogP contribution is 2.10. The van der Waals surface area contributed by atoms with Gasteiger partial charge in [0, 0.05) is 19.7 Å². The van der Waals surface area contributed by atoms with Crippen LogP contribution in [0.2, 0.25) is 0 Å². The van der Waals surface area contributed by atoms with Gasteiger partial charge in [-0.1, -0.05) is 6.92 Å². The topological polar surface area (TPSA) is 55.1 Å². The smallest absolute Gasteiger partial charge is 0.306 e. The van der Waals surface area contributed by atoms with E-state index in [4.69, 9.17) is 5.11 Å². The average Bonchev–Trinajstić information content (AvgIpc) is 2.46.